The highest BCUT2D eigenvalue weighted by molar-refractivity contribution is 5.21. The Morgan fingerprint density at radius 1 is 1.55 bits per heavy atom. The maximum absolute atomic E-state index is 11.2. The van der Waals surface area contributed by atoms with Crippen LogP contribution in [0.2, 0.25) is 0 Å². The van der Waals surface area contributed by atoms with Gasteiger partial charge in [-0.25, -0.2) is 5.10 Å². The summed E-state index contributed by atoms with van der Waals surface area (Å²) < 4.78 is 0. The van der Waals surface area contributed by atoms with Gasteiger partial charge in [-0.3, -0.25) is 4.79 Å². The number of aromatic amines is 1. The molecule has 60 valence electrons. The van der Waals surface area contributed by atoms with E-state index >= 15 is 0 Å². The average Bonchev–Trinajstić information content (AvgIpc) is 1.85. The Hall–Kier alpha value is -1.12. The van der Waals surface area contributed by atoms with E-state index in [1.165, 1.54) is 0 Å². The van der Waals surface area contributed by atoms with Crippen molar-refractivity contribution < 1.29 is 0 Å². The zero-order valence-electron chi connectivity index (χ0n) is 7.01. The molecule has 0 unspecified atom stereocenters. The summed E-state index contributed by atoms with van der Waals surface area (Å²) in [6, 6.07) is 0. The fraction of sp³-hybridized carbons (Fsp3) is 0.500. The van der Waals surface area contributed by atoms with E-state index < -0.39 is 0 Å². The number of rotatable bonds is 1. The van der Waals surface area contributed by atoms with Crippen molar-refractivity contribution in [2.24, 2.45) is 0 Å². The zero-order chi connectivity index (χ0) is 8.43. The lowest BCUT2D eigenvalue weighted by atomic mass is 10.0. The van der Waals surface area contributed by atoms with Gasteiger partial charge in [-0.05, 0) is 18.4 Å². The number of nitrogens with zero attached hydrogens (tertiary/aromatic N) is 1. The fourth-order valence-corrected chi connectivity index (χ4v) is 1.21. The maximum Gasteiger partial charge on any atom is 0.267 e. The topological polar surface area (TPSA) is 45.8 Å². The van der Waals surface area contributed by atoms with Crippen molar-refractivity contribution in [3.8, 4) is 0 Å². The third kappa shape index (κ3) is 1.48. The van der Waals surface area contributed by atoms with Gasteiger partial charge in [0.05, 0.1) is 6.20 Å². The summed E-state index contributed by atoms with van der Waals surface area (Å²) >= 11 is 0. The van der Waals surface area contributed by atoms with Crippen LogP contribution < -0.4 is 5.56 Å². The summed E-state index contributed by atoms with van der Waals surface area (Å²) in [6.45, 7) is 5.90. The molecule has 0 aliphatic heterocycles. The lowest BCUT2D eigenvalue weighted by Crippen LogP contribution is -2.16. The van der Waals surface area contributed by atoms with E-state index in [0.717, 1.165) is 11.1 Å². The highest BCUT2D eigenvalue weighted by Gasteiger charge is 2.06. The molecule has 1 heterocycles. The van der Waals surface area contributed by atoms with Crippen LogP contribution in [0.25, 0.3) is 0 Å². The second-order valence-electron chi connectivity index (χ2n) is 2.95. The molecule has 0 saturated heterocycles. The molecule has 0 saturated carbocycles. The zero-order valence-corrected chi connectivity index (χ0v) is 7.01. The molecule has 1 aromatic rings. The molecular weight excluding hydrogens is 140 g/mol. The maximum atomic E-state index is 11.2. The van der Waals surface area contributed by atoms with Crippen LogP contribution in [-0.2, 0) is 0 Å². The van der Waals surface area contributed by atoms with Gasteiger partial charge in [0, 0.05) is 5.56 Å². The second kappa shape index (κ2) is 2.86. The van der Waals surface area contributed by atoms with Gasteiger partial charge in [-0.2, -0.15) is 5.10 Å². The standard InChI is InChI=1S/C8H12N2O/c1-5(2)7-6(3)4-9-10-8(7)11/h4-5H,1-3H3,(H,10,11). The van der Waals surface area contributed by atoms with Gasteiger partial charge in [0.2, 0.25) is 0 Å². The Morgan fingerprint density at radius 3 is 2.55 bits per heavy atom. The highest BCUT2D eigenvalue weighted by Crippen LogP contribution is 2.11. The normalized spacial score (nSPS) is 10.5. The predicted octanol–water partition coefficient (Wildman–Crippen LogP) is 1.20. The van der Waals surface area contributed by atoms with Gasteiger partial charge in [0.25, 0.3) is 5.56 Å². The predicted molar refractivity (Wildman–Crippen MR) is 43.7 cm³/mol. The van der Waals surface area contributed by atoms with Gasteiger partial charge in [0.15, 0.2) is 0 Å². The van der Waals surface area contributed by atoms with E-state index in [1.807, 2.05) is 20.8 Å². The third-order valence-corrected chi connectivity index (χ3v) is 1.67. The molecule has 1 aromatic heterocycles. The van der Waals surface area contributed by atoms with Crippen LogP contribution in [0.5, 0.6) is 0 Å². The molecule has 0 fully saturated rings. The molecule has 0 amide bonds. The Balaban J connectivity index is 3.33. The molecule has 0 aliphatic carbocycles. The van der Waals surface area contributed by atoms with Crippen LogP contribution in [0.15, 0.2) is 11.0 Å². The molecule has 0 bridgehead atoms. The molecule has 3 heteroatoms. The number of aromatic nitrogens is 2. The van der Waals surface area contributed by atoms with E-state index in [2.05, 4.69) is 10.2 Å². The van der Waals surface area contributed by atoms with Crippen molar-refractivity contribution in [2.75, 3.05) is 0 Å². The number of aryl methyl sites for hydroxylation is 1. The molecule has 0 aromatic carbocycles. The van der Waals surface area contributed by atoms with Crippen LogP contribution in [0.4, 0.5) is 0 Å². The molecule has 3 nitrogen and oxygen atoms in total. The third-order valence-electron chi connectivity index (χ3n) is 1.67. The molecule has 0 radical (unpaired) electrons. The molecular formula is C8H12N2O. The smallest absolute Gasteiger partial charge is 0.267 e. The summed E-state index contributed by atoms with van der Waals surface area (Å²) in [5.41, 5.74) is 1.73. The van der Waals surface area contributed by atoms with Crippen molar-refractivity contribution >= 4 is 0 Å². The van der Waals surface area contributed by atoms with Crippen LogP contribution in [0.1, 0.15) is 30.9 Å². The van der Waals surface area contributed by atoms with Gasteiger partial charge in [-0.15, -0.1) is 0 Å². The summed E-state index contributed by atoms with van der Waals surface area (Å²) in [5, 5.41) is 6.11. The first-order valence-corrected chi connectivity index (χ1v) is 3.67. The van der Waals surface area contributed by atoms with E-state index in [0.29, 0.717) is 0 Å². The SMILES string of the molecule is Cc1cn[nH]c(=O)c1C(C)C. The Morgan fingerprint density at radius 2 is 2.18 bits per heavy atom. The summed E-state index contributed by atoms with van der Waals surface area (Å²) in [4.78, 5) is 11.2. The van der Waals surface area contributed by atoms with Crippen LogP contribution in [0, 0.1) is 6.92 Å². The van der Waals surface area contributed by atoms with Crippen molar-refractivity contribution in [1.82, 2.24) is 10.2 Å². The van der Waals surface area contributed by atoms with Crippen LogP contribution >= 0.6 is 0 Å². The number of hydrogen-bond donors (Lipinski definition) is 1. The van der Waals surface area contributed by atoms with E-state index in [9.17, 15) is 4.79 Å². The number of hydrogen-bond acceptors (Lipinski definition) is 2. The first kappa shape index (κ1) is 7.98. The van der Waals surface area contributed by atoms with Crippen LogP contribution in [-0.4, -0.2) is 10.2 Å². The molecule has 1 N–H and O–H groups in total. The largest absolute Gasteiger partial charge is 0.268 e. The molecule has 1 rings (SSSR count). The Labute approximate surface area is 65.5 Å². The van der Waals surface area contributed by atoms with Gasteiger partial charge < -0.3 is 0 Å². The van der Waals surface area contributed by atoms with Crippen molar-refractivity contribution in [2.45, 2.75) is 26.7 Å². The van der Waals surface area contributed by atoms with Gasteiger partial charge >= 0.3 is 0 Å². The number of H-pyrrole nitrogens is 1. The van der Waals surface area contributed by atoms with Gasteiger partial charge in [-0.1, -0.05) is 13.8 Å². The van der Waals surface area contributed by atoms with Crippen molar-refractivity contribution in [1.29, 1.82) is 0 Å². The highest BCUT2D eigenvalue weighted by atomic mass is 16.1. The van der Waals surface area contributed by atoms with Gasteiger partial charge in [0.1, 0.15) is 0 Å². The lowest BCUT2D eigenvalue weighted by molar-refractivity contribution is 0.807. The van der Waals surface area contributed by atoms with Crippen LogP contribution in [0.3, 0.4) is 0 Å². The minimum Gasteiger partial charge on any atom is -0.268 e. The average molecular weight is 152 g/mol. The Kier molecular flexibility index (Phi) is 2.08. The fourth-order valence-electron chi connectivity index (χ4n) is 1.21. The van der Waals surface area contributed by atoms with E-state index in [-0.39, 0.29) is 11.5 Å². The minimum atomic E-state index is -0.0694. The van der Waals surface area contributed by atoms with Crippen molar-refractivity contribution in [3.63, 3.8) is 0 Å². The van der Waals surface area contributed by atoms with E-state index in [1.54, 1.807) is 6.20 Å². The summed E-state index contributed by atoms with van der Waals surface area (Å²) in [6.07, 6.45) is 1.68. The summed E-state index contributed by atoms with van der Waals surface area (Å²) in [5.74, 6) is 0.266. The van der Waals surface area contributed by atoms with Crippen molar-refractivity contribution in [3.05, 3.63) is 27.7 Å². The monoisotopic (exact) mass is 152 g/mol. The second-order valence-corrected chi connectivity index (χ2v) is 2.95. The molecule has 0 atom stereocenters. The molecule has 0 spiro atoms. The first-order chi connectivity index (χ1) is 5.13. The van der Waals surface area contributed by atoms with E-state index in [4.69, 9.17) is 0 Å². The minimum absolute atomic E-state index is 0.0694. The first-order valence-electron chi connectivity index (χ1n) is 3.67. The molecule has 11 heavy (non-hydrogen) atoms. The quantitative estimate of drug-likeness (QED) is 0.657. The lowest BCUT2D eigenvalue weighted by Gasteiger charge is -2.05. The summed E-state index contributed by atoms with van der Waals surface area (Å²) in [7, 11) is 0. The number of nitrogens with one attached hydrogen (secondary N) is 1. The Bertz CT molecular complexity index is 301. The molecule has 0 aliphatic rings.